The van der Waals surface area contributed by atoms with Crippen molar-refractivity contribution in [2.24, 2.45) is 0 Å². The Kier molecular flexibility index (Phi) is 5.60. The number of aromatic nitrogens is 1. The number of ether oxygens (including phenoxy) is 1. The van der Waals surface area contributed by atoms with Crippen LogP contribution in [0, 0.1) is 0 Å². The maximum absolute atomic E-state index is 12.6. The molecule has 1 amide bonds. The third-order valence-electron chi connectivity index (χ3n) is 4.00. The van der Waals surface area contributed by atoms with Gasteiger partial charge >= 0.3 is 0 Å². The molecule has 128 valence electrons. The molecule has 6 heteroatoms. The quantitative estimate of drug-likeness (QED) is 0.904. The van der Waals surface area contributed by atoms with E-state index in [9.17, 15) is 4.79 Å². The third kappa shape index (κ3) is 4.41. The molecule has 24 heavy (non-hydrogen) atoms. The van der Waals surface area contributed by atoms with Gasteiger partial charge in [0.15, 0.2) is 0 Å². The molecule has 0 bridgehead atoms. The Bertz CT molecular complexity index is 638. The Morgan fingerprint density at radius 3 is 2.67 bits per heavy atom. The molecule has 1 N–H and O–H groups in total. The monoisotopic (exact) mass is 345 g/mol. The zero-order valence-corrected chi connectivity index (χ0v) is 14.8. The van der Waals surface area contributed by atoms with Gasteiger partial charge in [-0.05, 0) is 19.4 Å². The number of hydrogen-bond donors (Lipinski definition) is 1. The molecule has 1 aliphatic rings. The maximum atomic E-state index is 12.6. The van der Waals surface area contributed by atoms with Crippen LogP contribution in [-0.4, -0.2) is 47.6 Å². The van der Waals surface area contributed by atoms with Crippen LogP contribution in [0.2, 0.25) is 0 Å². The molecule has 3 atom stereocenters. The zero-order valence-electron chi connectivity index (χ0n) is 14.0. The second kappa shape index (κ2) is 7.88. The molecule has 0 aliphatic carbocycles. The molecular weight excluding hydrogens is 322 g/mol. The summed E-state index contributed by atoms with van der Waals surface area (Å²) in [6.07, 6.45) is 2.09. The minimum Gasteiger partial charge on any atom is -0.373 e. The van der Waals surface area contributed by atoms with Crippen molar-refractivity contribution in [2.45, 2.75) is 32.1 Å². The first kappa shape index (κ1) is 17.1. The Morgan fingerprint density at radius 2 is 2.04 bits per heavy atom. The molecule has 1 aromatic heterocycles. The van der Waals surface area contributed by atoms with E-state index in [-0.39, 0.29) is 24.2 Å². The van der Waals surface area contributed by atoms with Gasteiger partial charge in [0.1, 0.15) is 11.0 Å². The molecule has 5 nitrogen and oxygen atoms in total. The van der Waals surface area contributed by atoms with Crippen molar-refractivity contribution in [1.29, 1.82) is 0 Å². The van der Waals surface area contributed by atoms with Gasteiger partial charge in [-0.25, -0.2) is 4.98 Å². The first-order chi connectivity index (χ1) is 11.6. The standard InChI is InChI=1S/C18H23N3O2S/c1-13-10-21(11-14(2)23-13)12-16(22)20-17(18-19-8-9-24-18)15-6-4-3-5-7-15/h3-9,13-14,17H,10-12H2,1-2H3,(H,20,22)/t13-,14+,17-/m0/s1. The lowest BCUT2D eigenvalue weighted by molar-refractivity contribution is -0.126. The minimum absolute atomic E-state index is 0.0142. The van der Waals surface area contributed by atoms with Crippen molar-refractivity contribution in [2.75, 3.05) is 19.6 Å². The van der Waals surface area contributed by atoms with Gasteiger partial charge < -0.3 is 10.1 Å². The van der Waals surface area contributed by atoms with Crippen molar-refractivity contribution in [1.82, 2.24) is 15.2 Å². The molecule has 1 aromatic carbocycles. The van der Waals surface area contributed by atoms with Crippen LogP contribution in [-0.2, 0) is 9.53 Å². The van der Waals surface area contributed by atoms with E-state index >= 15 is 0 Å². The first-order valence-electron chi connectivity index (χ1n) is 8.23. The molecule has 1 fully saturated rings. The number of nitrogens with zero attached hydrogens (tertiary/aromatic N) is 2. The summed E-state index contributed by atoms with van der Waals surface area (Å²) in [7, 11) is 0. The molecule has 2 aromatic rings. The van der Waals surface area contributed by atoms with Gasteiger partial charge in [-0.1, -0.05) is 30.3 Å². The average Bonchev–Trinajstić information content (AvgIpc) is 3.06. The fraction of sp³-hybridized carbons (Fsp3) is 0.444. The predicted octanol–water partition coefficient (Wildman–Crippen LogP) is 2.46. The van der Waals surface area contributed by atoms with Gasteiger partial charge in [0.2, 0.25) is 5.91 Å². The van der Waals surface area contributed by atoms with Gasteiger partial charge in [-0.3, -0.25) is 9.69 Å². The van der Waals surface area contributed by atoms with Crippen LogP contribution in [0.5, 0.6) is 0 Å². The largest absolute Gasteiger partial charge is 0.373 e. The summed E-state index contributed by atoms with van der Waals surface area (Å²) < 4.78 is 5.73. The van der Waals surface area contributed by atoms with Crippen molar-refractivity contribution < 1.29 is 9.53 Å². The number of rotatable bonds is 5. The Hall–Kier alpha value is -1.76. The van der Waals surface area contributed by atoms with Crippen molar-refractivity contribution in [3.05, 3.63) is 52.5 Å². The number of benzene rings is 1. The number of carbonyl (C=O) groups excluding carboxylic acids is 1. The average molecular weight is 345 g/mol. The Labute approximate surface area is 146 Å². The van der Waals surface area contributed by atoms with Crippen LogP contribution in [0.25, 0.3) is 0 Å². The van der Waals surface area contributed by atoms with Crippen molar-refractivity contribution >= 4 is 17.2 Å². The normalized spacial score (nSPS) is 22.9. The summed E-state index contributed by atoms with van der Waals surface area (Å²) in [6.45, 7) is 6.04. The zero-order chi connectivity index (χ0) is 16.9. The molecule has 0 saturated carbocycles. The number of nitrogens with one attached hydrogen (secondary N) is 1. The number of carbonyl (C=O) groups is 1. The summed E-state index contributed by atoms with van der Waals surface area (Å²) in [5, 5.41) is 5.97. The van der Waals surface area contributed by atoms with Crippen LogP contribution in [0.15, 0.2) is 41.9 Å². The highest BCUT2D eigenvalue weighted by Gasteiger charge is 2.25. The lowest BCUT2D eigenvalue weighted by atomic mass is 10.1. The molecule has 0 radical (unpaired) electrons. The summed E-state index contributed by atoms with van der Waals surface area (Å²) in [6, 6.07) is 9.77. The van der Waals surface area contributed by atoms with E-state index < -0.39 is 0 Å². The Morgan fingerprint density at radius 1 is 1.33 bits per heavy atom. The second-order valence-electron chi connectivity index (χ2n) is 6.23. The molecule has 3 rings (SSSR count). The number of hydrogen-bond acceptors (Lipinski definition) is 5. The number of morpholine rings is 1. The molecule has 2 heterocycles. The summed E-state index contributed by atoms with van der Waals surface area (Å²) in [5.41, 5.74) is 1.05. The van der Waals surface area contributed by atoms with E-state index in [4.69, 9.17) is 4.74 Å². The summed E-state index contributed by atoms with van der Waals surface area (Å²) in [4.78, 5) is 19.1. The molecule has 1 aliphatic heterocycles. The van der Waals surface area contributed by atoms with E-state index in [0.717, 1.165) is 23.7 Å². The van der Waals surface area contributed by atoms with Crippen LogP contribution in [0.1, 0.15) is 30.5 Å². The van der Waals surface area contributed by atoms with E-state index in [0.29, 0.717) is 6.54 Å². The molecule has 1 saturated heterocycles. The van der Waals surface area contributed by atoms with Gasteiger partial charge in [0.25, 0.3) is 0 Å². The van der Waals surface area contributed by atoms with Gasteiger partial charge in [0, 0.05) is 24.7 Å². The molecular formula is C18H23N3O2S. The minimum atomic E-state index is -0.199. The SMILES string of the molecule is C[C@@H]1CN(CC(=O)N[C@@H](c2ccccc2)c2nccs2)C[C@H](C)O1. The lowest BCUT2D eigenvalue weighted by Crippen LogP contribution is -2.49. The summed E-state index contributed by atoms with van der Waals surface area (Å²) >= 11 is 1.56. The smallest absolute Gasteiger partial charge is 0.235 e. The number of amides is 1. The van der Waals surface area contributed by atoms with Crippen LogP contribution >= 0.6 is 11.3 Å². The fourth-order valence-electron chi connectivity index (χ4n) is 3.13. The van der Waals surface area contributed by atoms with Crippen molar-refractivity contribution in [3.8, 4) is 0 Å². The van der Waals surface area contributed by atoms with Crippen molar-refractivity contribution in [3.63, 3.8) is 0 Å². The lowest BCUT2D eigenvalue weighted by Gasteiger charge is -2.35. The maximum Gasteiger partial charge on any atom is 0.235 e. The fourth-order valence-corrected chi connectivity index (χ4v) is 3.85. The van der Waals surface area contributed by atoms with Crippen LogP contribution in [0.4, 0.5) is 0 Å². The topological polar surface area (TPSA) is 54.5 Å². The molecule has 0 unspecified atom stereocenters. The van der Waals surface area contributed by atoms with E-state index in [1.54, 1.807) is 17.5 Å². The second-order valence-corrected chi connectivity index (χ2v) is 7.16. The summed E-state index contributed by atoms with van der Waals surface area (Å²) in [5.74, 6) is 0.0142. The van der Waals surface area contributed by atoms with Gasteiger partial charge in [-0.15, -0.1) is 11.3 Å². The highest BCUT2D eigenvalue weighted by molar-refractivity contribution is 7.09. The van der Waals surface area contributed by atoms with Crippen LogP contribution in [0.3, 0.4) is 0 Å². The highest BCUT2D eigenvalue weighted by Crippen LogP contribution is 2.23. The Balaban J connectivity index is 1.68. The van der Waals surface area contributed by atoms with E-state index in [1.165, 1.54) is 0 Å². The number of thiazole rings is 1. The molecule has 0 spiro atoms. The van der Waals surface area contributed by atoms with Crippen LogP contribution < -0.4 is 5.32 Å². The van der Waals surface area contributed by atoms with E-state index in [1.807, 2.05) is 49.6 Å². The van der Waals surface area contributed by atoms with Gasteiger partial charge in [-0.2, -0.15) is 0 Å². The highest BCUT2D eigenvalue weighted by atomic mass is 32.1. The third-order valence-corrected chi connectivity index (χ3v) is 4.84. The van der Waals surface area contributed by atoms with E-state index in [2.05, 4.69) is 15.2 Å². The first-order valence-corrected chi connectivity index (χ1v) is 9.11. The van der Waals surface area contributed by atoms with Gasteiger partial charge in [0.05, 0.1) is 18.8 Å². The predicted molar refractivity (Wildman–Crippen MR) is 95.0 cm³/mol.